The van der Waals surface area contributed by atoms with E-state index in [1.165, 1.54) is 0 Å². The van der Waals surface area contributed by atoms with Gasteiger partial charge in [-0.05, 0) is 42.8 Å². The highest BCUT2D eigenvalue weighted by molar-refractivity contribution is 6.00. The maximum Gasteiger partial charge on any atom is 0.252 e. The fourth-order valence-electron chi connectivity index (χ4n) is 3.17. The van der Waals surface area contributed by atoms with Crippen LogP contribution in [0.5, 0.6) is 0 Å². The van der Waals surface area contributed by atoms with Crippen LogP contribution in [0.1, 0.15) is 48.3 Å². The number of aromatic nitrogens is 2. The number of nitrogens with zero attached hydrogens (tertiary/aromatic N) is 3. The molecule has 1 atom stereocenters. The second-order valence-electron chi connectivity index (χ2n) is 7.04. The number of fused-ring (bicyclic) bond motifs is 1. The molecule has 29 heavy (non-hydrogen) atoms. The van der Waals surface area contributed by atoms with Crippen LogP contribution in [0.3, 0.4) is 0 Å². The molecule has 0 fully saturated rings. The minimum atomic E-state index is -0.833. The van der Waals surface area contributed by atoms with Gasteiger partial charge in [-0.3, -0.25) is 19.6 Å². The van der Waals surface area contributed by atoms with Crippen molar-refractivity contribution < 1.29 is 9.59 Å². The standard InChI is InChI=1S/C23H26N4O2/c1-3-4-7-15-27(2)23(29)21(20-10-5-6-13-25-20)26-22(28)18-11-12-19-17(16-18)9-8-14-24-19/h5-6,8-14,16,21H,3-4,7,15H2,1-2H3,(H,26,28). The Morgan fingerprint density at radius 3 is 2.62 bits per heavy atom. The minimum absolute atomic E-state index is 0.171. The highest BCUT2D eigenvalue weighted by Crippen LogP contribution is 2.17. The topological polar surface area (TPSA) is 75.2 Å². The SMILES string of the molecule is CCCCCN(C)C(=O)C(NC(=O)c1ccc2ncccc2c1)c1ccccn1. The molecule has 2 aromatic heterocycles. The number of amides is 2. The molecule has 6 nitrogen and oxygen atoms in total. The maximum absolute atomic E-state index is 13.1. The number of likely N-dealkylation sites (N-methyl/N-ethyl adjacent to an activating group) is 1. The van der Waals surface area contributed by atoms with Gasteiger partial charge >= 0.3 is 0 Å². The number of rotatable bonds is 8. The predicted molar refractivity (Wildman–Crippen MR) is 113 cm³/mol. The summed E-state index contributed by atoms with van der Waals surface area (Å²) in [6, 6.07) is 13.6. The Morgan fingerprint density at radius 1 is 1.03 bits per heavy atom. The zero-order chi connectivity index (χ0) is 20.6. The van der Waals surface area contributed by atoms with Crippen molar-refractivity contribution in [3.8, 4) is 0 Å². The predicted octanol–water partition coefficient (Wildman–Crippen LogP) is 3.75. The van der Waals surface area contributed by atoms with Gasteiger partial charge in [-0.1, -0.05) is 31.9 Å². The molecule has 0 aliphatic carbocycles. The molecule has 2 amide bonds. The largest absolute Gasteiger partial charge is 0.344 e. The molecule has 0 bridgehead atoms. The first-order chi connectivity index (χ1) is 14.1. The average molecular weight is 390 g/mol. The van der Waals surface area contributed by atoms with Gasteiger partial charge in [0.15, 0.2) is 6.04 Å². The zero-order valence-corrected chi connectivity index (χ0v) is 16.8. The van der Waals surface area contributed by atoms with E-state index in [-0.39, 0.29) is 11.8 Å². The first-order valence-corrected chi connectivity index (χ1v) is 9.91. The lowest BCUT2D eigenvalue weighted by Crippen LogP contribution is -2.42. The summed E-state index contributed by atoms with van der Waals surface area (Å²) in [5, 5.41) is 3.75. The maximum atomic E-state index is 13.1. The molecule has 3 rings (SSSR count). The lowest BCUT2D eigenvalue weighted by Gasteiger charge is -2.24. The van der Waals surface area contributed by atoms with Crippen LogP contribution in [-0.2, 0) is 4.79 Å². The molecule has 6 heteroatoms. The van der Waals surface area contributed by atoms with Crippen molar-refractivity contribution in [2.45, 2.75) is 32.2 Å². The highest BCUT2D eigenvalue weighted by atomic mass is 16.2. The van der Waals surface area contributed by atoms with Crippen molar-refractivity contribution in [3.05, 3.63) is 72.2 Å². The van der Waals surface area contributed by atoms with E-state index in [0.29, 0.717) is 17.8 Å². The van der Waals surface area contributed by atoms with Gasteiger partial charge < -0.3 is 10.2 Å². The van der Waals surface area contributed by atoms with E-state index in [9.17, 15) is 9.59 Å². The molecule has 1 N–H and O–H groups in total. The summed E-state index contributed by atoms with van der Waals surface area (Å²) < 4.78 is 0. The molecular formula is C23H26N4O2. The van der Waals surface area contributed by atoms with E-state index >= 15 is 0 Å². The van der Waals surface area contributed by atoms with Crippen LogP contribution >= 0.6 is 0 Å². The van der Waals surface area contributed by atoms with E-state index < -0.39 is 6.04 Å². The van der Waals surface area contributed by atoms with Crippen molar-refractivity contribution in [3.63, 3.8) is 0 Å². The molecule has 1 unspecified atom stereocenters. The van der Waals surface area contributed by atoms with Gasteiger partial charge in [0, 0.05) is 36.9 Å². The molecule has 0 saturated carbocycles. The van der Waals surface area contributed by atoms with Gasteiger partial charge in [-0.2, -0.15) is 0 Å². The Bertz CT molecular complexity index is 975. The summed E-state index contributed by atoms with van der Waals surface area (Å²) in [5.74, 6) is -0.489. The van der Waals surface area contributed by atoms with Crippen LogP contribution in [0.15, 0.2) is 60.9 Å². The number of unbranched alkanes of at least 4 members (excludes halogenated alkanes) is 2. The van der Waals surface area contributed by atoms with Crippen LogP contribution in [0.2, 0.25) is 0 Å². The summed E-state index contributed by atoms with van der Waals surface area (Å²) in [7, 11) is 1.77. The number of hydrogen-bond donors (Lipinski definition) is 1. The summed E-state index contributed by atoms with van der Waals surface area (Å²) >= 11 is 0. The van der Waals surface area contributed by atoms with Crippen molar-refractivity contribution in [2.75, 3.05) is 13.6 Å². The van der Waals surface area contributed by atoms with Gasteiger partial charge in [0.2, 0.25) is 0 Å². The molecule has 0 radical (unpaired) electrons. The van der Waals surface area contributed by atoms with Crippen LogP contribution < -0.4 is 5.32 Å². The number of hydrogen-bond acceptors (Lipinski definition) is 4. The monoisotopic (exact) mass is 390 g/mol. The van der Waals surface area contributed by atoms with Crippen molar-refractivity contribution in [1.82, 2.24) is 20.2 Å². The van der Waals surface area contributed by atoms with Crippen LogP contribution in [0.25, 0.3) is 10.9 Å². The third-order valence-corrected chi connectivity index (χ3v) is 4.84. The van der Waals surface area contributed by atoms with Crippen molar-refractivity contribution in [1.29, 1.82) is 0 Å². The van der Waals surface area contributed by atoms with E-state index in [1.54, 1.807) is 54.7 Å². The van der Waals surface area contributed by atoms with Gasteiger partial charge in [-0.15, -0.1) is 0 Å². The lowest BCUT2D eigenvalue weighted by molar-refractivity contribution is -0.132. The second kappa shape index (κ2) is 9.78. The quantitative estimate of drug-likeness (QED) is 0.595. The van der Waals surface area contributed by atoms with E-state index in [1.807, 2.05) is 18.2 Å². The number of benzene rings is 1. The molecular weight excluding hydrogens is 364 g/mol. The summed E-state index contributed by atoms with van der Waals surface area (Å²) in [6.07, 6.45) is 6.41. The molecule has 0 spiro atoms. The Kier molecular flexibility index (Phi) is 6.89. The third-order valence-electron chi connectivity index (χ3n) is 4.84. The van der Waals surface area contributed by atoms with Crippen LogP contribution in [0, 0.1) is 0 Å². The first kappa shape index (κ1) is 20.5. The second-order valence-corrected chi connectivity index (χ2v) is 7.04. The number of pyridine rings is 2. The number of carbonyl (C=O) groups excluding carboxylic acids is 2. The average Bonchev–Trinajstić information content (AvgIpc) is 2.77. The first-order valence-electron chi connectivity index (χ1n) is 9.91. The molecule has 0 aliphatic heterocycles. The van der Waals surface area contributed by atoms with E-state index in [4.69, 9.17) is 0 Å². The number of carbonyl (C=O) groups is 2. The molecule has 1 aromatic carbocycles. The Hall–Kier alpha value is -3.28. The number of nitrogens with one attached hydrogen (secondary N) is 1. The normalized spacial score (nSPS) is 11.8. The fourth-order valence-corrected chi connectivity index (χ4v) is 3.17. The van der Waals surface area contributed by atoms with Crippen molar-refractivity contribution in [2.24, 2.45) is 0 Å². The van der Waals surface area contributed by atoms with Crippen LogP contribution in [0.4, 0.5) is 0 Å². The van der Waals surface area contributed by atoms with Gasteiger partial charge in [0.25, 0.3) is 11.8 Å². The van der Waals surface area contributed by atoms with E-state index in [2.05, 4.69) is 22.2 Å². The molecule has 3 aromatic rings. The smallest absolute Gasteiger partial charge is 0.252 e. The molecule has 0 aliphatic rings. The minimum Gasteiger partial charge on any atom is -0.344 e. The van der Waals surface area contributed by atoms with Crippen molar-refractivity contribution >= 4 is 22.7 Å². The van der Waals surface area contributed by atoms with Gasteiger partial charge in [0.1, 0.15) is 0 Å². The molecule has 2 heterocycles. The summed E-state index contributed by atoms with van der Waals surface area (Å²) in [5.41, 5.74) is 1.82. The Morgan fingerprint density at radius 2 is 1.86 bits per heavy atom. The fraction of sp³-hybridized carbons (Fsp3) is 0.304. The molecule has 150 valence electrons. The Labute approximate surface area is 171 Å². The molecule has 0 saturated heterocycles. The van der Waals surface area contributed by atoms with Gasteiger partial charge in [0.05, 0.1) is 11.2 Å². The van der Waals surface area contributed by atoms with E-state index in [0.717, 1.165) is 30.2 Å². The Balaban J connectivity index is 1.82. The van der Waals surface area contributed by atoms with Crippen LogP contribution in [-0.4, -0.2) is 40.3 Å². The summed E-state index contributed by atoms with van der Waals surface area (Å²) in [4.78, 5) is 36.3. The van der Waals surface area contributed by atoms with Gasteiger partial charge in [-0.25, -0.2) is 0 Å². The lowest BCUT2D eigenvalue weighted by atomic mass is 10.1. The highest BCUT2D eigenvalue weighted by Gasteiger charge is 2.27. The summed E-state index contributed by atoms with van der Waals surface area (Å²) in [6.45, 7) is 2.77. The zero-order valence-electron chi connectivity index (χ0n) is 16.8. The third kappa shape index (κ3) is 5.16.